The van der Waals surface area contributed by atoms with Crippen molar-refractivity contribution in [3.8, 4) is 11.6 Å². The fourth-order valence-corrected chi connectivity index (χ4v) is 3.23. The predicted molar refractivity (Wildman–Crippen MR) is 127 cm³/mol. The van der Waals surface area contributed by atoms with E-state index in [9.17, 15) is 9.59 Å². The molecule has 0 radical (unpaired) electrons. The lowest BCUT2D eigenvalue weighted by molar-refractivity contribution is -0.122. The number of benzene rings is 2. The van der Waals surface area contributed by atoms with Crippen molar-refractivity contribution < 1.29 is 14.3 Å². The van der Waals surface area contributed by atoms with Crippen LogP contribution in [0.2, 0.25) is 15.1 Å². The Morgan fingerprint density at radius 3 is 2.47 bits per heavy atom. The van der Waals surface area contributed by atoms with Gasteiger partial charge in [-0.2, -0.15) is 0 Å². The van der Waals surface area contributed by atoms with E-state index >= 15 is 0 Å². The molecule has 3 N–H and O–H groups in total. The van der Waals surface area contributed by atoms with Crippen LogP contribution in [0, 0.1) is 6.92 Å². The number of amides is 2. The lowest BCUT2D eigenvalue weighted by atomic mass is 10.2. The maximum atomic E-state index is 12.2. The molecule has 3 rings (SSSR count). The molecule has 166 valence electrons. The van der Waals surface area contributed by atoms with E-state index in [0.29, 0.717) is 27.2 Å². The molecule has 0 saturated carbocycles. The molecule has 0 atom stereocenters. The average molecular weight is 494 g/mol. The highest BCUT2D eigenvalue weighted by Gasteiger charge is 2.12. The molecule has 0 spiro atoms. The number of carbonyl (C=O) groups excluding carboxylic acids is 2. The fraction of sp³-hybridized carbons (Fsp3) is 0.136. The minimum atomic E-state index is -0.375. The number of rotatable bonds is 8. The number of pyridine rings is 1. The zero-order chi connectivity index (χ0) is 23.1. The van der Waals surface area contributed by atoms with E-state index in [1.165, 1.54) is 12.3 Å². The van der Waals surface area contributed by atoms with Gasteiger partial charge in [-0.05, 0) is 42.8 Å². The number of nitrogens with zero attached hydrogens (tertiary/aromatic N) is 1. The molecule has 2 aromatic carbocycles. The summed E-state index contributed by atoms with van der Waals surface area (Å²) in [4.78, 5) is 28.4. The van der Waals surface area contributed by atoms with E-state index in [1.54, 1.807) is 49.4 Å². The predicted octanol–water partition coefficient (Wildman–Crippen LogP) is 5.31. The first kappa shape index (κ1) is 23.7. The summed E-state index contributed by atoms with van der Waals surface area (Å²) >= 11 is 18.0. The molecule has 0 aliphatic heterocycles. The second-order valence-electron chi connectivity index (χ2n) is 6.63. The quantitative estimate of drug-likeness (QED) is 0.395. The van der Waals surface area contributed by atoms with Crippen molar-refractivity contribution in [2.24, 2.45) is 0 Å². The Hall–Kier alpha value is -3.00. The smallest absolute Gasteiger partial charge is 0.243 e. The molecule has 1 heterocycles. The number of hydrogen-bond donors (Lipinski definition) is 3. The highest BCUT2D eigenvalue weighted by atomic mass is 35.5. The number of anilines is 2. The molecule has 3 aromatic rings. The molecule has 2 amide bonds. The van der Waals surface area contributed by atoms with Gasteiger partial charge in [-0.3, -0.25) is 9.59 Å². The van der Waals surface area contributed by atoms with Gasteiger partial charge in [0.2, 0.25) is 17.7 Å². The Bertz CT molecular complexity index is 1140. The van der Waals surface area contributed by atoms with Crippen LogP contribution in [-0.2, 0) is 9.59 Å². The Morgan fingerprint density at radius 2 is 1.69 bits per heavy atom. The number of para-hydroxylation sites is 2. The Morgan fingerprint density at radius 1 is 0.938 bits per heavy atom. The number of halogens is 3. The van der Waals surface area contributed by atoms with Crippen molar-refractivity contribution in [3.05, 3.63) is 75.4 Å². The lowest BCUT2D eigenvalue weighted by Crippen LogP contribution is -2.36. The zero-order valence-electron chi connectivity index (χ0n) is 16.9. The Kier molecular flexibility index (Phi) is 8.16. The fourth-order valence-electron chi connectivity index (χ4n) is 2.64. The molecule has 7 nitrogen and oxygen atoms in total. The van der Waals surface area contributed by atoms with E-state index in [1.807, 2.05) is 0 Å². The first-order chi connectivity index (χ1) is 15.3. The zero-order valence-corrected chi connectivity index (χ0v) is 19.2. The average Bonchev–Trinajstić information content (AvgIpc) is 2.77. The van der Waals surface area contributed by atoms with Crippen molar-refractivity contribution in [1.82, 2.24) is 10.3 Å². The molecule has 0 aliphatic rings. The number of ether oxygens (including phenoxy) is 1. The van der Waals surface area contributed by atoms with E-state index in [4.69, 9.17) is 39.5 Å². The van der Waals surface area contributed by atoms with Crippen LogP contribution in [-0.4, -0.2) is 29.9 Å². The Balaban J connectivity index is 1.52. The van der Waals surface area contributed by atoms with Gasteiger partial charge in [0.15, 0.2) is 5.75 Å². The van der Waals surface area contributed by atoms with Crippen molar-refractivity contribution in [1.29, 1.82) is 0 Å². The van der Waals surface area contributed by atoms with Gasteiger partial charge in [0, 0.05) is 16.9 Å². The monoisotopic (exact) mass is 492 g/mol. The second kappa shape index (κ2) is 11.0. The molecule has 0 bridgehead atoms. The molecule has 10 heteroatoms. The van der Waals surface area contributed by atoms with Gasteiger partial charge in [0.25, 0.3) is 0 Å². The van der Waals surface area contributed by atoms with Crippen molar-refractivity contribution in [2.75, 3.05) is 23.7 Å². The van der Waals surface area contributed by atoms with Crippen LogP contribution >= 0.6 is 34.8 Å². The van der Waals surface area contributed by atoms with Gasteiger partial charge in [-0.25, -0.2) is 4.98 Å². The third-order valence-corrected chi connectivity index (χ3v) is 5.18. The van der Waals surface area contributed by atoms with Crippen LogP contribution in [0.3, 0.4) is 0 Å². The number of aromatic nitrogens is 1. The van der Waals surface area contributed by atoms with Crippen LogP contribution in [0.15, 0.2) is 54.7 Å². The maximum absolute atomic E-state index is 12.2. The third-order valence-electron chi connectivity index (χ3n) is 4.30. The number of nitrogens with one attached hydrogen (secondary N) is 3. The van der Waals surface area contributed by atoms with Gasteiger partial charge in [0.05, 0.1) is 23.8 Å². The van der Waals surface area contributed by atoms with Gasteiger partial charge in [0.1, 0.15) is 5.02 Å². The molecule has 0 unspecified atom stereocenters. The lowest BCUT2D eigenvalue weighted by Gasteiger charge is -2.13. The van der Waals surface area contributed by atoms with E-state index in [0.717, 1.165) is 5.56 Å². The molecule has 32 heavy (non-hydrogen) atoms. The summed E-state index contributed by atoms with van der Waals surface area (Å²) in [5.74, 6) is -0.134. The summed E-state index contributed by atoms with van der Waals surface area (Å²) in [5.41, 5.74) is 1.90. The maximum Gasteiger partial charge on any atom is 0.243 e. The van der Waals surface area contributed by atoms with Crippen molar-refractivity contribution in [2.45, 2.75) is 6.92 Å². The Labute approximate surface area is 200 Å². The van der Waals surface area contributed by atoms with Gasteiger partial charge in [-0.1, -0.05) is 53.0 Å². The summed E-state index contributed by atoms with van der Waals surface area (Å²) < 4.78 is 5.74. The number of hydrogen-bond acceptors (Lipinski definition) is 5. The summed E-state index contributed by atoms with van der Waals surface area (Å²) in [6.07, 6.45) is 1.42. The first-order valence-electron chi connectivity index (χ1n) is 9.47. The molecular weight excluding hydrogens is 475 g/mol. The van der Waals surface area contributed by atoms with Gasteiger partial charge >= 0.3 is 0 Å². The summed E-state index contributed by atoms with van der Waals surface area (Å²) in [5, 5.41) is 9.44. The summed E-state index contributed by atoms with van der Waals surface area (Å²) in [7, 11) is 0. The van der Waals surface area contributed by atoms with E-state index < -0.39 is 0 Å². The topological polar surface area (TPSA) is 92.4 Å². The molecule has 0 fully saturated rings. The minimum Gasteiger partial charge on any atom is -0.435 e. The third kappa shape index (κ3) is 6.50. The normalized spacial score (nSPS) is 10.4. The van der Waals surface area contributed by atoms with Crippen LogP contribution in [0.1, 0.15) is 5.56 Å². The van der Waals surface area contributed by atoms with Crippen LogP contribution in [0.4, 0.5) is 11.4 Å². The van der Waals surface area contributed by atoms with Gasteiger partial charge in [-0.15, -0.1) is 0 Å². The summed E-state index contributed by atoms with van der Waals surface area (Å²) in [6.45, 7) is 1.53. The van der Waals surface area contributed by atoms with E-state index in [-0.39, 0.29) is 35.8 Å². The minimum absolute atomic E-state index is 0.0778. The van der Waals surface area contributed by atoms with Crippen LogP contribution in [0.25, 0.3) is 0 Å². The standard InChI is InChI=1S/C22H19Cl3N4O3/c1-13-15(24)5-4-7-17(13)29-21(31)12-27-20(30)11-26-18-6-2-3-8-19(18)32-22-16(25)9-14(23)10-28-22/h2-10,26H,11-12H2,1H3,(H,27,30)(H,29,31). The van der Waals surface area contributed by atoms with Gasteiger partial charge < -0.3 is 20.7 Å². The second-order valence-corrected chi connectivity index (χ2v) is 7.88. The molecule has 1 aromatic heterocycles. The van der Waals surface area contributed by atoms with Crippen molar-refractivity contribution >= 4 is 58.0 Å². The SMILES string of the molecule is Cc1c(Cl)cccc1NC(=O)CNC(=O)CNc1ccccc1Oc1ncc(Cl)cc1Cl. The molecule has 0 aliphatic carbocycles. The summed E-state index contributed by atoms with van der Waals surface area (Å²) in [6, 6.07) is 13.7. The van der Waals surface area contributed by atoms with Crippen molar-refractivity contribution in [3.63, 3.8) is 0 Å². The highest BCUT2D eigenvalue weighted by molar-refractivity contribution is 6.35. The first-order valence-corrected chi connectivity index (χ1v) is 10.6. The highest BCUT2D eigenvalue weighted by Crippen LogP contribution is 2.33. The molecular formula is C22H19Cl3N4O3. The largest absolute Gasteiger partial charge is 0.435 e. The van der Waals surface area contributed by atoms with Crippen LogP contribution < -0.4 is 20.7 Å². The number of carbonyl (C=O) groups is 2. The van der Waals surface area contributed by atoms with E-state index in [2.05, 4.69) is 20.9 Å². The molecule has 0 saturated heterocycles. The van der Waals surface area contributed by atoms with Crippen LogP contribution in [0.5, 0.6) is 11.6 Å².